The Bertz CT molecular complexity index is 707. The summed E-state index contributed by atoms with van der Waals surface area (Å²) < 4.78 is 5.98. The second-order valence-electron chi connectivity index (χ2n) is 6.22. The van der Waals surface area contributed by atoms with Crippen molar-refractivity contribution in [3.8, 4) is 11.5 Å². The molecule has 0 spiro atoms. The number of aryl methyl sites for hydroxylation is 1. The zero-order valence-corrected chi connectivity index (χ0v) is 14.1. The number of aromatic nitrogens is 1. The summed E-state index contributed by atoms with van der Waals surface area (Å²) in [6.07, 6.45) is 2.34. The van der Waals surface area contributed by atoms with E-state index >= 15 is 0 Å². The molecule has 2 heterocycles. The van der Waals surface area contributed by atoms with Gasteiger partial charge in [-0.1, -0.05) is 0 Å². The van der Waals surface area contributed by atoms with Crippen molar-refractivity contribution in [2.75, 3.05) is 18.4 Å². The molecule has 1 amide bonds. The van der Waals surface area contributed by atoms with Crippen LogP contribution in [0, 0.1) is 6.92 Å². The van der Waals surface area contributed by atoms with Crippen molar-refractivity contribution in [3.05, 3.63) is 47.8 Å². The molecule has 0 aliphatic carbocycles. The van der Waals surface area contributed by atoms with Gasteiger partial charge in [0.25, 0.3) is 0 Å². The van der Waals surface area contributed by atoms with Gasteiger partial charge in [-0.25, -0.2) is 0 Å². The fourth-order valence-corrected chi connectivity index (χ4v) is 2.98. The number of anilines is 1. The fraction of sp³-hybridized carbons (Fsp3) is 0.368. The van der Waals surface area contributed by atoms with E-state index < -0.39 is 0 Å². The van der Waals surface area contributed by atoms with Crippen LogP contribution in [0.25, 0.3) is 0 Å². The average molecular weight is 325 g/mol. The highest BCUT2D eigenvalue weighted by atomic mass is 16.5. The Morgan fingerprint density at radius 2 is 2.04 bits per heavy atom. The van der Waals surface area contributed by atoms with Crippen molar-refractivity contribution in [2.45, 2.75) is 32.6 Å². The quantitative estimate of drug-likeness (QED) is 0.901. The first-order valence-corrected chi connectivity index (χ1v) is 8.35. The summed E-state index contributed by atoms with van der Waals surface area (Å²) >= 11 is 0. The lowest BCUT2D eigenvalue weighted by molar-refractivity contribution is -0.114. The van der Waals surface area contributed by atoms with Gasteiger partial charge in [-0.2, -0.15) is 0 Å². The average Bonchev–Trinajstić information content (AvgIpc) is 2.56. The van der Waals surface area contributed by atoms with Gasteiger partial charge in [-0.05, 0) is 50.6 Å². The molecule has 24 heavy (non-hydrogen) atoms. The number of piperidine rings is 1. The number of ether oxygens (including phenoxy) is 1. The maximum absolute atomic E-state index is 11.1. The number of nitrogens with zero attached hydrogens (tertiary/aromatic N) is 1. The lowest BCUT2D eigenvalue weighted by Gasteiger charge is -2.23. The van der Waals surface area contributed by atoms with Crippen LogP contribution in [0.4, 0.5) is 5.69 Å². The molecule has 1 aliphatic rings. The van der Waals surface area contributed by atoms with E-state index in [1.807, 2.05) is 43.3 Å². The van der Waals surface area contributed by atoms with Crippen LogP contribution in [-0.2, 0) is 4.79 Å². The summed E-state index contributed by atoms with van der Waals surface area (Å²) in [7, 11) is 0. The van der Waals surface area contributed by atoms with Gasteiger partial charge in [0.15, 0.2) is 0 Å². The number of amides is 1. The number of hydrogen-bond acceptors (Lipinski definition) is 4. The van der Waals surface area contributed by atoms with Crippen molar-refractivity contribution in [2.24, 2.45) is 0 Å². The Morgan fingerprint density at radius 3 is 2.71 bits per heavy atom. The van der Waals surface area contributed by atoms with Crippen molar-refractivity contribution < 1.29 is 9.53 Å². The molecule has 126 valence electrons. The van der Waals surface area contributed by atoms with Gasteiger partial charge < -0.3 is 15.4 Å². The molecule has 2 N–H and O–H groups in total. The van der Waals surface area contributed by atoms with E-state index in [1.54, 1.807) is 0 Å². The number of benzene rings is 1. The second kappa shape index (κ2) is 7.45. The van der Waals surface area contributed by atoms with Crippen LogP contribution in [0.5, 0.6) is 11.5 Å². The summed E-state index contributed by atoms with van der Waals surface area (Å²) in [5.74, 6) is 1.90. The first-order chi connectivity index (χ1) is 11.6. The second-order valence-corrected chi connectivity index (χ2v) is 6.22. The smallest absolute Gasteiger partial charge is 0.221 e. The zero-order valence-electron chi connectivity index (χ0n) is 14.1. The number of pyridine rings is 1. The predicted octanol–water partition coefficient (Wildman–Crippen LogP) is 3.61. The molecule has 0 saturated carbocycles. The van der Waals surface area contributed by atoms with E-state index in [0.29, 0.717) is 5.92 Å². The molecular formula is C19H23N3O2. The van der Waals surface area contributed by atoms with Crippen LogP contribution in [0.15, 0.2) is 36.4 Å². The van der Waals surface area contributed by atoms with Gasteiger partial charge in [0, 0.05) is 48.6 Å². The van der Waals surface area contributed by atoms with E-state index in [-0.39, 0.29) is 5.91 Å². The van der Waals surface area contributed by atoms with Crippen LogP contribution in [-0.4, -0.2) is 24.0 Å². The third kappa shape index (κ3) is 4.32. The molecule has 3 rings (SSSR count). The molecule has 0 bridgehead atoms. The first-order valence-electron chi connectivity index (χ1n) is 8.35. The minimum atomic E-state index is -0.0841. The molecule has 1 saturated heterocycles. The molecule has 1 unspecified atom stereocenters. The van der Waals surface area contributed by atoms with Crippen molar-refractivity contribution in [3.63, 3.8) is 0 Å². The topological polar surface area (TPSA) is 63.2 Å². The highest BCUT2D eigenvalue weighted by molar-refractivity contribution is 5.88. The minimum absolute atomic E-state index is 0.0841. The molecule has 5 heteroatoms. The largest absolute Gasteiger partial charge is 0.457 e. The Labute approximate surface area is 142 Å². The van der Waals surface area contributed by atoms with Gasteiger partial charge in [0.1, 0.15) is 11.5 Å². The molecule has 5 nitrogen and oxygen atoms in total. The number of carbonyl (C=O) groups is 1. The molecule has 1 aliphatic heterocycles. The molecular weight excluding hydrogens is 302 g/mol. The van der Waals surface area contributed by atoms with Crippen LogP contribution in [0.3, 0.4) is 0 Å². The van der Waals surface area contributed by atoms with Crippen molar-refractivity contribution in [1.29, 1.82) is 0 Å². The van der Waals surface area contributed by atoms with E-state index in [9.17, 15) is 4.79 Å². The third-order valence-electron chi connectivity index (χ3n) is 4.07. The van der Waals surface area contributed by atoms with E-state index in [2.05, 4.69) is 15.6 Å². The van der Waals surface area contributed by atoms with Crippen LogP contribution < -0.4 is 15.4 Å². The van der Waals surface area contributed by atoms with Crippen LogP contribution in [0.2, 0.25) is 0 Å². The standard InChI is InChI=1S/C19H23N3O2/c1-13-10-18(11-19(21-13)15-4-3-9-20-12-15)24-17-7-5-16(6-8-17)22-14(2)23/h5-8,10-11,15,20H,3-4,9,12H2,1-2H3,(H,22,23). The number of nitrogens with one attached hydrogen (secondary N) is 2. The third-order valence-corrected chi connectivity index (χ3v) is 4.07. The molecule has 2 aromatic rings. The normalized spacial score (nSPS) is 17.3. The molecule has 1 aromatic heterocycles. The van der Waals surface area contributed by atoms with E-state index in [4.69, 9.17) is 4.74 Å². The van der Waals surface area contributed by atoms with E-state index in [1.165, 1.54) is 13.3 Å². The summed E-state index contributed by atoms with van der Waals surface area (Å²) in [5.41, 5.74) is 2.81. The number of carbonyl (C=O) groups excluding carboxylic acids is 1. The lowest BCUT2D eigenvalue weighted by Crippen LogP contribution is -2.28. The predicted molar refractivity (Wildman–Crippen MR) is 94.6 cm³/mol. The van der Waals surface area contributed by atoms with Crippen LogP contribution >= 0.6 is 0 Å². The summed E-state index contributed by atoms with van der Waals surface area (Å²) in [6.45, 7) is 5.55. The molecule has 0 radical (unpaired) electrons. The molecule has 1 fully saturated rings. The first kappa shape index (κ1) is 16.5. The van der Waals surface area contributed by atoms with Gasteiger partial charge in [-0.15, -0.1) is 0 Å². The van der Waals surface area contributed by atoms with Gasteiger partial charge in [0.05, 0.1) is 0 Å². The van der Waals surface area contributed by atoms with Gasteiger partial charge >= 0.3 is 0 Å². The minimum Gasteiger partial charge on any atom is -0.457 e. The highest BCUT2D eigenvalue weighted by Gasteiger charge is 2.17. The monoisotopic (exact) mass is 325 g/mol. The molecule has 1 aromatic carbocycles. The Morgan fingerprint density at radius 1 is 1.25 bits per heavy atom. The van der Waals surface area contributed by atoms with Gasteiger partial charge in [-0.3, -0.25) is 9.78 Å². The van der Waals surface area contributed by atoms with Gasteiger partial charge in [0.2, 0.25) is 5.91 Å². The number of hydrogen-bond donors (Lipinski definition) is 2. The maximum Gasteiger partial charge on any atom is 0.221 e. The highest BCUT2D eigenvalue weighted by Crippen LogP contribution is 2.28. The Hall–Kier alpha value is -2.40. The molecule has 1 atom stereocenters. The fourth-order valence-electron chi connectivity index (χ4n) is 2.98. The van der Waals surface area contributed by atoms with Crippen LogP contribution in [0.1, 0.15) is 37.1 Å². The lowest BCUT2D eigenvalue weighted by atomic mass is 9.95. The Kier molecular flexibility index (Phi) is 5.11. The van der Waals surface area contributed by atoms with Crippen molar-refractivity contribution >= 4 is 11.6 Å². The number of rotatable bonds is 4. The summed E-state index contributed by atoms with van der Waals surface area (Å²) in [6, 6.07) is 11.3. The maximum atomic E-state index is 11.1. The Balaban J connectivity index is 1.74. The SMILES string of the molecule is CC(=O)Nc1ccc(Oc2cc(C)nc(C3CCCNC3)c2)cc1. The summed E-state index contributed by atoms with van der Waals surface area (Å²) in [5, 5.41) is 6.17. The van der Waals surface area contributed by atoms with E-state index in [0.717, 1.165) is 48.1 Å². The zero-order chi connectivity index (χ0) is 16.9. The summed E-state index contributed by atoms with van der Waals surface area (Å²) in [4.78, 5) is 15.7. The van der Waals surface area contributed by atoms with Crippen molar-refractivity contribution in [1.82, 2.24) is 10.3 Å².